The molecule has 1 spiro atoms. The number of rotatable bonds is 4. The van der Waals surface area contributed by atoms with E-state index >= 15 is 0 Å². The summed E-state index contributed by atoms with van der Waals surface area (Å²) in [6.07, 6.45) is 3.49. The number of pyridine rings is 1. The third-order valence-electron chi connectivity index (χ3n) is 11.0. The number of benzene rings is 7. The van der Waals surface area contributed by atoms with E-state index in [-0.39, 0.29) is 0 Å². The number of para-hydroxylation sites is 1. The van der Waals surface area contributed by atoms with Crippen molar-refractivity contribution in [2.75, 3.05) is 0 Å². The molecule has 5 heteroatoms. The lowest BCUT2D eigenvalue weighted by Gasteiger charge is -2.40. The van der Waals surface area contributed by atoms with Crippen LogP contribution >= 0.6 is 11.8 Å². The van der Waals surface area contributed by atoms with Crippen LogP contribution in [-0.4, -0.2) is 19.9 Å². The second-order valence-corrected chi connectivity index (χ2v) is 14.9. The van der Waals surface area contributed by atoms with Crippen LogP contribution in [0.3, 0.4) is 0 Å². The molecular formula is C49H30N4S. The zero-order chi connectivity index (χ0) is 35.6. The van der Waals surface area contributed by atoms with Crippen LogP contribution < -0.4 is 0 Å². The molecular weight excluding hydrogens is 677 g/mol. The van der Waals surface area contributed by atoms with Crippen molar-refractivity contribution in [1.82, 2.24) is 19.9 Å². The van der Waals surface area contributed by atoms with Gasteiger partial charge in [0, 0.05) is 38.1 Å². The van der Waals surface area contributed by atoms with Crippen LogP contribution in [0.5, 0.6) is 0 Å². The van der Waals surface area contributed by atoms with Crippen molar-refractivity contribution in [1.29, 1.82) is 0 Å². The SMILES string of the molecule is c1ccc(-c2ncnc(-c3ccc4c(c3)C3(c5cc(-c6ccc(-c7cccc8cccnc78)cc6)ccc5S4)c4ccccc4-c4ccccc43)n2)cc1. The minimum atomic E-state index is -0.543. The Balaban J connectivity index is 1.10. The van der Waals surface area contributed by atoms with Crippen molar-refractivity contribution in [3.05, 3.63) is 205 Å². The molecule has 0 atom stereocenters. The molecule has 0 radical (unpaired) electrons. The van der Waals surface area contributed by atoms with Crippen molar-refractivity contribution in [3.8, 4) is 56.2 Å². The molecule has 2 aliphatic rings. The first-order chi connectivity index (χ1) is 26.8. The fourth-order valence-electron chi connectivity index (χ4n) is 8.56. The average Bonchev–Trinajstić information content (AvgIpc) is 3.54. The standard InChI is InChI=1S/C49H30N4S/c1-2-10-34(11-3-1)47-51-30-52-48(53-47)36-24-26-45-43(29-36)49(40-17-6-4-14-38(40)39-15-5-7-18-41(39)49)42-28-35(23-25-44(42)54-45)31-19-21-32(22-20-31)37-16-8-12-33-13-9-27-50-46(33)37/h1-30H. The highest BCUT2D eigenvalue weighted by molar-refractivity contribution is 7.99. The maximum Gasteiger partial charge on any atom is 0.163 e. The molecule has 0 fully saturated rings. The van der Waals surface area contributed by atoms with Crippen LogP contribution in [0.2, 0.25) is 0 Å². The van der Waals surface area contributed by atoms with E-state index in [2.05, 4.69) is 138 Å². The molecule has 0 amide bonds. The molecule has 0 saturated heterocycles. The molecule has 252 valence electrons. The van der Waals surface area contributed by atoms with Crippen LogP contribution in [-0.2, 0) is 5.41 Å². The largest absolute Gasteiger partial charge is 0.256 e. The highest BCUT2D eigenvalue weighted by atomic mass is 32.2. The Morgan fingerprint density at radius 2 is 0.963 bits per heavy atom. The molecule has 2 aromatic heterocycles. The van der Waals surface area contributed by atoms with Gasteiger partial charge in [0.2, 0.25) is 0 Å². The van der Waals surface area contributed by atoms with Gasteiger partial charge < -0.3 is 0 Å². The van der Waals surface area contributed by atoms with Crippen molar-refractivity contribution in [2.24, 2.45) is 0 Å². The van der Waals surface area contributed by atoms with Crippen molar-refractivity contribution < 1.29 is 0 Å². The first-order valence-electron chi connectivity index (χ1n) is 18.1. The summed E-state index contributed by atoms with van der Waals surface area (Å²) in [5.41, 5.74) is 14.7. The zero-order valence-electron chi connectivity index (χ0n) is 29.0. The van der Waals surface area contributed by atoms with E-state index in [1.807, 2.05) is 54.4 Å². The Hall–Kier alpha value is -6.69. The maximum atomic E-state index is 4.98. The quantitative estimate of drug-likeness (QED) is 0.182. The van der Waals surface area contributed by atoms with Crippen LogP contribution in [0, 0.1) is 0 Å². The normalized spacial score (nSPS) is 13.3. The van der Waals surface area contributed by atoms with Crippen LogP contribution in [0.25, 0.3) is 67.1 Å². The minimum absolute atomic E-state index is 0.543. The minimum Gasteiger partial charge on any atom is -0.256 e. The third kappa shape index (κ3) is 4.65. The predicted octanol–water partition coefficient (Wildman–Crippen LogP) is 11.9. The van der Waals surface area contributed by atoms with E-state index in [0.717, 1.165) is 33.2 Å². The van der Waals surface area contributed by atoms with E-state index in [4.69, 9.17) is 15.0 Å². The van der Waals surface area contributed by atoms with Crippen LogP contribution in [0.4, 0.5) is 0 Å². The molecule has 1 aliphatic heterocycles. The highest BCUT2D eigenvalue weighted by Crippen LogP contribution is 2.62. The average molecular weight is 707 g/mol. The predicted molar refractivity (Wildman–Crippen MR) is 218 cm³/mol. The number of hydrogen-bond acceptors (Lipinski definition) is 5. The van der Waals surface area contributed by atoms with E-state index in [1.54, 1.807) is 6.33 Å². The fraction of sp³-hybridized carbons (Fsp3) is 0.0204. The van der Waals surface area contributed by atoms with E-state index in [9.17, 15) is 0 Å². The second-order valence-electron chi connectivity index (χ2n) is 13.8. The highest BCUT2D eigenvalue weighted by Gasteiger charge is 2.50. The summed E-state index contributed by atoms with van der Waals surface area (Å²) < 4.78 is 0. The molecule has 0 bridgehead atoms. The summed E-state index contributed by atoms with van der Waals surface area (Å²) in [5, 5.41) is 1.14. The Kier molecular flexibility index (Phi) is 6.97. The van der Waals surface area contributed by atoms with Gasteiger partial charge in [-0.15, -0.1) is 0 Å². The van der Waals surface area contributed by atoms with Gasteiger partial charge >= 0.3 is 0 Å². The Labute approximate surface area is 317 Å². The Morgan fingerprint density at radius 1 is 0.389 bits per heavy atom. The first-order valence-corrected chi connectivity index (χ1v) is 18.9. The van der Waals surface area contributed by atoms with Crippen LogP contribution in [0.1, 0.15) is 22.3 Å². The van der Waals surface area contributed by atoms with Gasteiger partial charge in [-0.2, -0.15) is 0 Å². The summed E-state index contributed by atoms with van der Waals surface area (Å²) >= 11 is 1.84. The van der Waals surface area contributed by atoms with Crippen molar-refractivity contribution >= 4 is 22.7 Å². The number of nitrogens with zero attached hydrogens (tertiary/aromatic N) is 4. The van der Waals surface area contributed by atoms with Crippen molar-refractivity contribution in [3.63, 3.8) is 0 Å². The van der Waals surface area contributed by atoms with Gasteiger partial charge in [0.15, 0.2) is 11.6 Å². The molecule has 9 aromatic rings. The number of fused-ring (bicyclic) bond motifs is 10. The monoisotopic (exact) mass is 706 g/mol. The zero-order valence-corrected chi connectivity index (χ0v) is 29.8. The van der Waals surface area contributed by atoms with Gasteiger partial charge in [-0.1, -0.05) is 151 Å². The molecule has 1 aliphatic carbocycles. The molecule has 54 heavy (non-hydrogen) atoms. The summed E-state index contributed by atoms with van der Waals surface area (Å²) in [6, 6.07) is 61.2. The van der Waals surface area contributed by atoms with Gasteiger partial charge in [-0.3, -0.25) is 4.98 Å². The Morgan fingerprint density at radius 3 is 1.70 bits per heavy atom. The summed E-state index contributed by atoms with van der Waals surface area (Å²) in [6.45, 7) is 0. The fourth-order valence-corrected chi connectivity index (χ4v) is 9.72. The second kappa shape index (κ2) is 12.2. The molecule has 3 heterocycles. The topological polar surface area (TPSA) is 51.6 Å². The van der Waals surface area contributed by atoms with E-state index in [1.165, 1.54) is 54.3 Å². The van der Waals surface area contributed by atoms with Gasteiger partial charge in [-0.05, 0) is 80.4 Å². The summed E-state index contributed by atoms with van der Waals surface area (Å²) in [7, 11) is 0. The van der Waals surface area contributed by atoms with Gasteiger partial charge in [0.25, 0.3) is 0 Å². The Bertz CT molecular complexity index is 2870. The molecule has 11 rings (SSSR count). The lowest BCUT2D eigenvalue weighted by Crippen LogP contribution is -2.32. The summed E-state index contributed by atoms with van der Waals surface area (Å²) in [5.74, 6) is 1.32. The van der Waals surface area contributed by atoms with Crippen LogP contribution in [0.15, 0.2) is 192 Å². The number of hydrogen-bond donors (Lipinski definition) is 0. The molecule has 0 saturated carbocycles. The molecule has 0 unspecified atom stereocenters. The summed E-state index contributed by atoms with van der Waals surface area (Å²) in [4.78, 5) is 21.4. The number of aromatic nitrogens is 4. The maximum absolute atomic E-state index is 4.98. The van der Waals surface area contributed by atoms with E-state index in [0.29, 0.717) is 11.6 Å². The van der Waals surface area contributed by atoms with Gasteiger partial charge in [0.05, 0.1) is 10.9 Å². The smallest absolute Gasteiger partial charge is 0.163 e. The third-order valence-corrected chi connectivity index (χ3v) is 12.1. The lowest BCUT2D eigenvalue weighted by molar-refractivity contribution is 0.723. The first kappa shape index (κ1) is 30.9. The van der Waals surface area contributed by atoms with E-state index < -0.39 is 5.41 Å². The molecule has 4 nitrogen and oxygen atoms in total. The van der Waals surface area contributed by atoms with Gasteiger partial charge in [-0.25, -0.2) is 15.0 Å². The van der Waals surface area contributed by atoms with Crippen molar-refractivity contribution in [2.45, 2.75) is 15.2 Å². The van der Waals surface area contributed by atoms with Gasteiger partial charge in [0.1, 0.15) is 6.33 Å². The molecule has 0 N–H and O–H groups in total. The molecule has 7 aromatic carbocycles. The lowest BCUT2D eigenvalue weighted by atomic mass is 9.66.